The molecule has 0 aromatic heterocycles. The number of anilines is 1. The molecule has 1 rings (SSSR count). The fraction of sp³-hybridized carbons (Fsp3) is 0.273. The first kappa shape index (κ1) is 14.0. The minimum Gasteiger partial charge on any atom is -0.481 e. The van der Waals surface area contributed by atoms with E-state index in [9.17, 15) is 13.2 Å². The number of hydrogen-bond donors (Lipinski definition) is 1. The predicted octanol–water partition coefficient (Wildman–Crippen LogP) is 0.799. The molecule has 1 N–H and O–H groups in total. The highest BCUT2D eigenvalue weighted by atomic mass is 32.2. The molecule has 0 unspecified atom stereocenters. The van der Waals surface area contributed by atoms with Gasteiger partial charge in [0.2, 0.25) is 10.0 Å². The summed E-state index contributed by atoms with van der Waals surface area (Å²) in [5.74, 6) is -1.68. The standard InChI is InChI=1S/C11H12N2O4S/c1-13(18(16,17)7-6-11(14)15)10-5-3-2-4-9(10)8-12/h2-5H,6-7H2,1H3,(H,14,15). The maximum Gasteiger partial charge on any atom is 0.304 e. The molecule has 0 aliphatic heterocycles. The Hall–Kier alpha value is -2.07. The van der Waals surface area contributed by atoms with Crippen molar-refractivity contribution in [2.45, 2.75) is 6.42 Å². The van der Waals surface area contributed by atoms with Gasteiger partial charge in [-0.05, 0) is 12.1 Å². The molecule has 0 fully saturated rings. The van der Waals surface area contributed by atoms with Crippen LogP contribution < -0.4 is 4.31 Å². The predicted molar refractivity (Wildman–Crippen MR) is 65.6 cm³/mol. The van der Waals surface area contributed by atoms with Crippen LogP contribution >= 0.6 is 0 Å². The van der Waals surface area contributed by atoms with E-state index < -0.39 is 28.2 Å². The Labute approximate surface area is 105 Å². The Morgan fingerprint density at radius 2 is 2.06 bits per heavy atom. The molecule has 0 spiro atoms. The number of nitriles is 1. The van der Waals surface area contributed by atoms with E-state index in [1.54, 1.807) is 12.1 Å². The molecule has 0 saturated carbocycles. The van der Waals surface area contributed by atoms with Gasteiger partial charge in [0.25, 0.3) is 0 Å². The number of carboxylic acids is 1. The molecule has 7 heteroatoms. The average molecular weight is 268 g/mol. The summed E-state index contributed by atoms with van der Waals surface area (Å²) in [5.41, 5.74) is 0.462. The van der Waals surface area contributed by atoms with E-state index in [-0.39, 0.29) is 11.3 Å². The van der Waals surface area contributed by atoms with E-state index in [4.69, 9.17) is 10.4 Å². The first-order chi connectivity index (χ1) is 8.38. The Balaban J connectivity index is 3.03. The van der Waals surface area contributed by atoms with Crippen molar-refractivity contribution in [1.29, 1.82) is 5.26 Å². The quantitative estimate of drug-likeness (QED) is 0.851. The van der Waals surface area contributed by atoms with Gasteiger partial charge in [0.1, 0.15) is 6.07 Å². The summed E-state index contributed by atoms with van der Waals surface area (Å²) in [6.07, 6.45) is -0.471. The van der Waals surface area contributed by atoms with Crippen LogP contribution in [0.25, 0.3) is 0 Å². The van der Waals surface area contributed by atoms with Gasteiger partial charge >= 0.3 is 5.97 Å². The molecule has 0 atom stereocenters. The van der Waals surface area contributed by atoms with Crippen LogP contribution in [0.2, 0.25) is 0 Å². The van der Waals surface area contributed by atoms with E-state index in [0.29, 0.717) is 0 Å². The summed E-state index contributed by atoms with van der Waals surface area (Å²) in [5, 5.41) is 17.4. The second-order valence-corrected chi connectivity index (χ2v) is 5.68. The third-order valence-corrected chi connectivity index (χ3v) is 4.11. The van der Waals surface area contributed by atoms with Crippen molar-refractivity contribution in [3.8, 4) is 6.07 Å². The molecule has 1 aromatic carbocycles. The minimum absolute atomic E-state index is 0.221. The molecule has 1 aromatic rings. The first-order valence-corrected chi connectivity index (χ1v) is 6.67. The maximum atomic E-state index is 11.9. The second-order valence-electron chi connectivity index (χ2n) is 3.56. The molecular weight excluding hydrogens is 256 g/mol. The molecule has 0 bridgehead atoms. The summed E-state index contributed by atoms with van der Waals surface area (Å²) in [6, 6.07) is 8.12. The molecule has 0 radical (unpaired) electrons. The number of carboxylic acid groups (broad SMARTS) is 1. The molecule has 6 nitrogen and oxygen atoms in total. The maximum absolute atomic E-state index is 11.9. The molecule has 0 amide bonds. The average Bonchev–Trinajstić information content (AvgIpc) is 2.35. The van der Waals surface area contributed by atoms with Gasteiger partial charge in [-0.25, -0.2) is 8.42 Å². The number of carbonyl (C=O) groups is 1. The summed E-state index contributed by atoms with van der Waals surface area (Å²) in [4.78, 5) is 10.4. The topological polar surface area (TPSA) is 98.5 Å². The lowest BCUT2D eigenvalue weighted by Crippen LogP contribution is -2.30. The van der Waals surface area contributed by atoms with Crippen molar-refractivity contribution in [2.24, 2.45) is 0 Å². The fourth-order valence-corrected chi connectivity index (χ4v) is 2.51. The van der Waals surface area contributed by atoms with Crippen LogP contribution in [0.4, 0.5) is 5.69 Å². The van der Waals surface area contributed by atoms with Crippen molar-refractivity contribution in [2.75, 3.05) is 17.1 Å². The zero-order valence-electron chi connectivity index (χ0n) is 9.70. The number of benzene rings is 1. The highest BCUT2D eigenvalue weighted by Gasteiger charge is 2.21. The fourth-order valence-electron chi connectivity index (χ4n) is 1.35. The van der Waals surface area contributed by atoms with Gasteiger partial charge < -0.3 is 5.11 Å². The summed E-state index contributed by atoms with van der Waals surface area (Å²) >= 11 is 0. The Morgan fingerprint density at radius 3 is 2.61 bits per heavy atom. The van der Waals surface area contributed by atoms with Crippen molar-refractivity contribution in [1.82, 2.24) is 0 Å². The first-order valence-electron chi connectivity index (χ1n) is 5.06. The van der Waals surface area contributed by atoms with E-state index >= 15 is 0 Å². The Bertz CT molecular complexity index is 589. The third kappa shape index (κ3) is 3.21. The minimum atomic E-state index is -3.74. The van der Waals surface area contributed by atoms with Crippen LogP contribution in [0.15, 0.2) is 24.3 Å². The number of aliphatic carboxylic acids is 1. The number of sulfonamides is 1. The summed E-state index contributed by atoms with van der Waals surface area (Å²) < 4.78 is 24.7. The highest BCUT2D eigenvalue weighted by Crippen LogP contribution is 2.21. The summed E-state index contributed by atoms with van der Waals surface area (Å²) in [6.45, 7) is 0. The van der Waals surface area contributed by atoms with Crippen LogP contribution in [0.1, 0.15) is 12.0 Å². The molecule has 96 valence electrons. The van der Waals surface area contributed by atoms with Gasteiger partial charge in [-0.15, -0.1) is 0 Å². The van der Waals surface area contributed by atoms with Gasteiger partial charge in [0, 0.05) is 7.05 Å². The van der Waals surface area contributed by atoms with Gasteiger partial charge in [-0.3, -0.25) is 9.10 Å². The summed E-state index contributed by atoms with van der Waals surface area (Å²) in [7, 11) is -2.44. The van der Waals surface area contributed by atoms with E-state index in [1.165, 1.54) is 19.2 Å². The number of rotatable bonds is 5. The van der Waals surface area contributed by atoms with Crippen LogP contribution in [0.5, 0.6) is 0 Å². The molecule has 0 aliphatic rings. The molecule has 0 aliphatic carbocycles. The number of hydrogen-bond acceptors (Lipinski definition) is 4. The van der Waals surface area contributed by atoms with E-state index in [1.807, 2.05) is 6.07 Å². The lowest BCUT2D eigenvalue weighted by molar-refractivity contribution is -0.136. The molecular formula is C11H12N2O4S. The smallest absolute Gasteiger partial charge is 0.304 e. The van der Waals surface area contributed by atoms with Crippen molar-refractivity contribution in [3.05, 3.63) is 29.8 Å². The zero-order chi connectivity index (χ0) is 13.8. The molecule has 0 heterocycles. The Kier molecular flexibility index (Phi) is 4.28. The largest absolute Gasteiger partial charge is 0.481 e. The van der Waals surface area contributed by atoms with Crippen molar-refractivity contribution < 1.29 is 18.3 Å². The van der Waals surface area contributed by atoms with Gasteiger partial charge in [0.15, 0.2) is 0 Å². The van der Waals surface area contributed by atoms with Crippen molar-refractivity contribution in [3.63, 3.8) is 0 Å². The lowest BCUT2D eigenvalue weighted by Gasteiger charge is -2.19. The highest BCUT2D eigenvalue weighted by molar-refractivity contribution is 7.92. The van der Waals surface area contributed by atoms with Crippen LogP contribution in [0.3, 0.4) is 0 Å². The van der Waals surface area contributed by atoms with Gasteiger partial charge in [-0.2, -0.15) is 5.26 Å². The Morgan fingerprint density at radius 1 is 1.44 bits per heavy atom. The van der Waals surface area contributed by atoms with Crippen LogP contribution in [-0.2, 0) is 14.8 Å². The monoisotopic (exact) mass is 268 g/mol. The third-order valence-electron chi connectivity index (χ3n) is 2.35. The lowest BCUT2D eigenvalue weighted by atomic mass is 10.2. The van der Waals surface area contributed by atoms with E-state index in [0.717, 1.165) is 4.31 Å². The van der Waals surface area contributed by atoms with Gasteiger partial charge in [0.05, 0.1) is 23.4 Å². The van der Waals surface area contributed by atoms with Crippen LogP contribution in [0, 0.1) is 11.3 Å². The van der Waals surface area contributed by atoms with Crippen molar-refractivity contribution >= 4 is 21.7 Å². The SMILES string of the molecule is CN(c1ccccc1C#N)S(=O)(=O)CCC(=O)O. The van der Waals surface area contributed by atoms with Gasteiger partial charge in [-0.1, -0.05) is 12.1 Å². The van der Waals surface area contributed by atoms with E-state index in [2.05, 4.69) is 0 Å². The molecule has 18 heavy (non-hydrogen) atoms. The number of nitrogens with zero attached hydrogens (tertiary/aromatic N) is 2. The zero-order valence-corrected chi connectivity index (χ0v) is 10.5. The number of para-hydroxylation sites is 1. The second kappa shape index (κ2) is 5.51. The van der Waals surface area contributed by atoms with Crippen LogP contribution in [-0.4, -0.2) is 32.3 Å². The molecule has 0 saturated heterocycles. The normalized spacial score (nSPS) is 10.7.